The topological polar surface area (TPSA) is 51.9 Å². The third kappa shape index (κ3) is 3.16. The molecule has 28 heavy (non-hydrogen) atoms. The first kappa shape index (κ1) is 18.3. The Labute approximate surface area is 167 Å². The highest BCUT2D eigenvalue weighted by Gasteiger charge is 2.23. The van der Waals surface area contributed by atoms with E-state index in [1.807, 2.05) is 79.3 Å². The fourth-order valence-corrected chi connectivity index (χ4v) is 4.25. The Kier molecular flexibility index (Phi) is 4.88. The zero-order chi connectivity index (χ0) is 19.7. The molecule has 0 amide bonds. The van der Waals surface area contributed by atoms with Crippen molar-refractivity contribution in [2.75, 3.05) is 5.32 Å². The van der Waals surface area contributed by atoms with Crippen LogP contribution in [0.3, 0.4) is 0 Å². The van der Waals surface area contributed by atoms with E-state index in [2.05, 4.69) is 12.2 Å². The van der Waals surface area contributed by atoms with Gasteiger partial charge in [-0.2, -0.15) is 0 Å². The van der Waals surface area contributed by atoms with Crippen LogP contribution in [0.1, 0.15) is 17.5 Å². The number of rotatable bonds is 5. The lowest BCUT2D eigenvalue weighted by Gasteiger charge is -2.07. The van der Waals surface area contributed by atoms with Gasteiger partial charge in [0.05, 0.1) is 16.9 Å². The van der Waals surface area contributed by atoms with Crippen molar-refractivity contribution in [1.29, 1.82) is 0 Å². The lowest BCUT2D eigenvalue weighted by Crippen LogP contribution is -2.20. The highest BCUT2D eigenvalue weighted by molar-refractivity contribution is 7.16. The van der Waals surface area contributed by atoms with Crippen molar-refractivity contribution in [3.8, 4) is 16.9 Å². The first-order valence-electron chi connectivity index (χ1n) is 9.26. The monoisotopic (exact) mass is 390 g/mol. The van der Waals surface area contributed by atoms with Gasteiger partial charge in [0, 0.05) is 23.3 Å². The van der Waals surface area contributed by atoms with E-state index in [0.29, 0.717) is 5.56 Å². The Morgan fingerprint density at radius 1 is 1.04 bits per heavy atom. The average molecular weight is 391 g/mol. The highest BCUT2D eigenvalue weighted by atomic mass is 32.1. The first-order valence-corrected chi connectivity index (χ1v) is 10.1. The Morgan fingerprint density at radius 2 is 1.68 bits per heavy atom. The molecule has 0 fully saturated rings. The molecule has 2 heterocycles. The molecule has 0 atom stereocenters. The fourth-order valence-electron chi connectivity index (χ4n) is 3.33. The third-order valence-electron chi connectivity index (χ3n) is 4.83. The number of benzene rings is 2. The molecule has 0 saturated carbocycles. The first-order chi connectivity index (χ1) is 13.6. The molecule has 0 aliphatic heterocycles. The lowest BCUT2D eigenvalue weighted by molar-refractivity contribution is 0.630. The van der Waals surface area contributed by atoms with Crippen LogP contribution < -0.4 is 10.9 Å². The summed E-state index contributed by atoms with van der Waals surface area (Å²) in [5, 5.41) is 4.15. The van der Waals surface area contributed by atoms with E-state index in [1.165, 1.54) is 0 Å². The minimum atomic E-state index is -0.0440. The Morgan fingerprint density at radius 3 is 2.32 bits per heavy atom. The van der Waals surface area contributed by atoms with E-state index < -0.39 is 0 Å². The highest BCUT2D eigenvalue weighted by Crippen LogP contribution is 2.33. The van der Waals surface area contributed by atoms with Crippen LogP contribution in [0.4, 0.5) is 10.8 Å². The maximum Gasteiger partial charge on any atom is 0.281 e. The van der Waals surface area contributed by atoms with Crippen molar-refractivity contribution in [2.24, 2.45) is 7.05 Å². The number of hydrogen-bond acceptors (Lipinski definition) is 4. The van der Waals surface area contributed by atoms with Gasteiger partial charge in [-0.15, -0.1) is 11.3 Å². The summed E-state index contributed by atoms with van der Waals surface area (Å²) in [6.07, 6.45) is 0.822. The molecule has 5 nitrogen and oxygen atoms in total. The summed E-state index contributed by atoms with van der Waals surface area (Å²) in [6, 6.07) is 19.7. The largest absolute Gasteiger partial charge is 0.332 e. The molecule has 0 spiro atoms. The minimum Gasteiger partial charge on any atom is -0.332 e. The van der Waals surface area contributed by atoms with E-state index in [9.17, 15) is 4.79 Å². The van der Waals surface area contributed by atoms with Gasteiger partial charge in [-0.05, 0) is 37.6 Å². The van der Waals surface area contributed by atoms with Gasteiger partial charge in [0.15, 0.2) is 5.13 Å². The summed E-state index contributed by atoms with van der Waals surface area (Å²) < 4.78 is 3.60. The molecule has 1 N–H and O–H groups in total. The van der Waals surface area contributed by atoms with Crippen molar-refractivity contribution in [3.63, 3.8) is 0 Å². The molecule has 142 valence electrons. The number of thiazole rings is 1. The molecule has 2 aromatic carbocycles. The van der Waals surface area contributed by atoms with E-state index in [-0.39, 0.29) is 5.56 Å². The Balaban J connectivity index is 1.83. The summed E-state index contributed by atoms with van der Waals surface area (Å²) in [5.41, 5.74) is 4.13. The van der Waals surface area contributed by atoms with Crippen LogP contribution in [0.15, 0.2) is 65.5 Å². The fraction of sp³-hybridized carbons (Fsp3) is 0.182. The van der Waals surface area contributed by atoms with Crippen molar-refractivity contribution in [3.05, 3.63) is 81.6 Å². The smallest absolute Gasteiger partial charge is 0.281 e. The standard InChI is InChI=1S/C22H22N4OS/c1-4-18-20(24-22(28-18)23-16-11-7-5-8-12-16)19-15(2)25(3)26(21(19)27)17-13-9-6-10-14-17/h5-14H,4H2,1-3H3,(H,23,24). The van der Waals surface area contributed by atoms with Crippen LogP contribution in [0.2, 0.25) is 0 Å². The number of anilines is 2. The zero-order valence-electron chi connectivity index (χ0n) is 16.1. The molecule has 4 rings (SSSR count). The molecular formula is C22H22N4OS. The van der Waals surface area contributed by atoms with Crippen molar-refractivity contribution in [2.45, 2.75) is 20.3 Å². The molecular weight excluding hydrogens is 368 g/mol. The van der Waals surface area contributed by atoms with Gasteiger partial charge >= 0.3 is 0 Å². The number of aromatic nitrogens is 3. The minimum absolute atomic E-state index is 0.0440. The summed E-state index contributed by atoms with van der Waals surface area (Å²) >= 11 is 1.60. The second-order valence-electron chi connectivity index (χ2n) is 6.57. The molecule has 0 unspecified atom stereocenters. The van der Waals surface area contributed by atoms with E-state index in [4.69, 9.17) is 4.98 Å². The van der Waals surface area contributed by atoms with Gasteiger partial charge in [0.2, 0.25) is 0 Å². The van der Waals surface area contributed by atoms with Gasteiger partial charge in [0.25, 0.3) is 5.56 Å². The molecule has 0 radical (unpaired) electrons. The lowest BCUT2D eigenvalue weighted by atomic mass is 10.1. The van der Waals surface area contributed by atoms with E-state index in [1.54, 1.807) is 16.0 Å². The van der Waals surface area contributed by atoms with E-state index in [0.717, 1.165) is 39.2 Å². The normalized spacial score (nSPS) is 11.0. The molecule has 0 aliphatic carbocycles. The quantitative estimate of drug-likeness (QED) is 0.526. The summed E-state index contributed by atoms with van der Waals surface area (Å²) in [5.74, 6) is 0. The van der Waals surface area contributed by atoms with Gasteiger partial charge in [-0.25, -0.2) is 9.67 Å². The van der Waals surface area contributed by atoms with Gasteiger partial charge < -0.3 is 5.32 Å². The predicted octanol–water partition coefficient (Wildman–Crippen LogP) is 4.91. The number of nitrogens with zero attached hydrogens (tertiary/aromatic N) is 3. The van der Waals surface area contributed by atoms with Crippen LogP contribution >= 0.6 is 11.3 Å². The average Bonchev–Trinajstić information content (AvgIpc) is 3.21. The second-order valence-corrected chi connectivity index (χ2v) is 7.66. The van der Waals surface area contributed by atoms with Crippen LogP contribution in [0, 0.1) is 6.92 Å². The van der Waals surface area contributed by atoms with Crippen LogP contribution in [-0.4, -0.2) is 14.3 Å². The maximum absolute atomic E-state index is 13.3. The SMILES string of the molecule is CCc1sc(Nc2ccccc2)nc1-c1c(C)n(C)n(-c2ccccc2)c1=O. The number of aryl methyl sites for hydroxylation is 1. The van der Waals surface area contributed by atoms with Crippen molar-refractivity contribution in [1.82, 2.24) is 14.3 Å². The third-order valence-corrected chi connectivity index (χ3v) is 5.95. The van der Waals surface area contributed by atoms with Gasteiger partial charge in [-0.3, -0.25) is 9.48 Å². The van der Waals surface area contributed by atoms with Crippen molar-refractivity contribution >= 4 is 22.2 Å². The van der Waals surface area contributed by atoms with Gasteiger partial charge in [0.1, 0.15) is 0 Å². The predicted molar refractivity (Wildman–Crippen MR) is 116 cm³/mol. The number of nitrogens with one attached hydrogen (secondary N) is 1. The summed E-state index contributed by atoms with van der Waals surface area (Å²) in [6.45, 7) is 4.07. The zero-order valence-corrected chi connectivity index (χ0v) is 17.0. The molecule has 0 bridgehead atoms. The molecule has 0 aliphatic rings. The van der Waals surface area contributed by atoms with Gasteiger partial charge in [-0.1, -0.05) is 43.3 Å². The molecule has 6 heteroatoms. The molecule has 2 aromatic heterocycles. The Bertz CT molecular complexity index is 1160. The number of para-hydroxylation sites is 2. The van der Waals surface area contributed by atoms with E-state index >= 15 is 0 Å². The number of hydrogen-bond donors (Lipinski definition) is 1. The summed E-state index contributed by atoms with van der Waals surface area (Å²) in [4.78, 5) is 19.2. The Hall–Kier alpha value is -3.12. The van der Waals surface area contributed by atoms with Crippen LogP contribution in [0.25, 0.3) is 16.9 Å². The molecule has 0 saturated heterocycles. The molecule has 4 aromatic rings. The second kappa shape index (κ2) is 7.48. The van der Waals surface area contributed by atoms with Crippen LogP contribution in [0.5, 0.6) is 0 Å². The van der Waals surface area contributed by atoms with Crippen molar-refractivity contribution < 1.29 is 0 Å². The maximum atomic E-state index is 13.3. The summed E-state index contributed by atoms with van der Waals surface area (Å²) in [7, 11) is 1.91. The van der Waals surface area contributed by atoms with Crippen LogP contribution in [-0.2, 0) is 13.5 Å².